The third-order valence-electron chi connectivity index (χ3n) is 2.38. The van der Waals surface area contributed by atoms with E-state index in [1.165, 1.54) is 0 Å². The number of amides is 1. The zero-order valence-corrected chi connectivity index (χ0v) is 8.16. The molecule has 1 aliphatic rings. The Bertz CT molecular complexity index is 332. The predicted octanol–water partition coefficient (Wildman–Crippen LogP) is 0.688. The quantitative estimate of drug-likeness (QED) is 0.764. The Balaban J connectivity index is 1.89. The van der Waals surface area contributed by atoms with Gasteiger partial charge < -0.3 is 5.32 Å². The van der Waals surface area contributed by atoms with Crippen LogP contribution in [0.3, 0.4) is 0 Å². The van der Waals surface area contributed by atoms with Crippen LogP contribution in [0, 0.1) is 0 Å². The van der Waals surface area contributed by atoms with Gasteiger partial charge in [0.2, 0.25) is 5.91 Å². The zero-order valence-electron chi connectivity index (χ0n) is 8.16. The summed E-state index contributed by atoms with van der Waals surface area (Å²) >= 11 is 0. The highest BCUT2D eigenvalue weighted by molar-refractivity contribution is 5.78. The summed E-state index contributed by atoms with van der Waals surface area (Å²) in [6.45, 7) is 2.05. The minimum atomic E-state index is 0.0104. The molecule has 1 aromatic heterocycles. The fourth-order valence-corrected chi connectivity index (χ4v) is 1.26. The van der Waals surface area contributed by atoms with Gasteiger partial charge in [-0.25, -0.2) is 9.97 Å². The van der Waals surface area contributed by atoms with Gasteiger partial charge in [0.25, 0.3) is 0 Å². The summed E-state index contributed by atoms with van der Waals surface area (Å²) in [6.07, 6.45) is 5.72. The Hall–Kier alpha value is -1.45. The van der Waals surface area contributed by atoms with E-state index >= 15 is 0 Å². The van der Waals surface area contributed by atoms with Gasteiger partial charge in [-0.1, -0.05) is 0 Å². The second kappa shape index (κ2) is 3.36. The lowest BCUT2D eigenvalue weighted by Gasteiger charge is -2.10. The van der Waals surface area contributed by atoms with Crippen LogP contribution >= 0.6 is 0 Å². The molecule has 0 saturated heterocycles. The van der Waals surface area contributed by atoms with Crippen molar-refractivity contribution >= 4 is 5.91 Å². The molecule has 4 heteroatoms. The molecule has 1 aliphatic carbocycles. The van der Waals surface area contributed by atoms with Gasteiger partial charge in [-0.05, 0) is 25.8 Å². The molecule has 74 valence electrons. The van der Waals surface area contributed by atoms with Gasteiger partial charge in [0, 0.05) is 17.9 Å². The highest BCUT2D eigenvalue weighted by atomic mass is 16.1. The van der Waals surface area contributed by atoms with Crippen molar-refractivity contribution in [3.8, 4) is 0 Å². The molecule has 1 saturated carbocycles. The number of nitrogens with zero attached hydrogens (tertiary/aromatic N) is 2. The molecule has 0 spiro atoms. The summed E-state index contributed by atoms with van der Waals surface area (Å²) in [5, 5.41) is 2.96. The normalized spacial score (nSPS) is 17.5. The first kappa shape index (κ1) is 9.12. The van der Waals surface area contributed by atoms with Crippen LogP contribution in [0.4, 0.5) is 0 Å². The van der Waals surface area contributed by atoms with Crippen molar-refractivity contribution in [3.05, 3.63) is 24.3 Å². The summed E-state index contributed by atoms with van der Waals surface area (Å²) in [5.74, 6) is 0.588. The van der Waals surface area contributed by atoms with Crippen molar-refractivity contribution in [2.45, 2.75) is 31.7 Å². The first-order valence-corrected chi connectivity index (χ1v) is 4.75. The average Bonchev–Trinajstić information content (AvgIpc) is 2.84. The van der Waals surface area contributed by atoms with Crippen LogP contribution in [0.25, 0.3) is 0 Å². The summed E-state index contributed by atoms with van der Waals surface area (Å²) < 4.78 is 0. The van der Waals surface area contributed by atoms with Gasteiger partial charge in [0.1, 0.15) is 5.82 Å². The summed E-state index contributed by atoms with van der Waals surface area (Å²) in [7, 11) is 0. The van der Waals surface area contributed by atoms with Crippen LogP contribution in [-0.2, 0) is 11.2 Å². The van der Waals surface area contributed by atoms with Crippen molar-refractivity contribution in [1.82, 2.24) is 15.3 Å². The topological polar surface area (TPSA) is 54.9 Å². The molecular weight excluding hydrogens is 178 g/mol. The van der Waals surface area contributed by atoms with Crippen LogP contribution in [0.15, 0.2) is 18.5 Å². The van der Waals surface area contributed by atoms with Gasteiger partial charge in [0.15, 0.2) is 0 Å². The van der Waals surface area contributed by atoms with Gasteiger partial charge in [-0.2, -0.15) is 0 Å². The smallest absolute Gasteiger partial charge is 0.228 e. The largest absolute Gasteiger partial charge is 0.351 e. The van der Waals surface area contributed by atoms with E-state index in [4.69, 9.17) is 0 Å². The number of hydrogen-bond acceptors (Lipinski definition) is 3. The van der Waals surface area contributed by atoms with Gasteiger partial charge >= 0.3 is 0 Å². The molecule has 0 bridgehead atoms. The molecule has 14 heavy (non-hydrogen) atoms. The number of hydrogen-bond donors (Lipinski definition) is 1. The highest BCUT2D eigenvalue weighted by Gasteiger charge is 2.38. The van der Waals surface area contributed by atoms with Crippen molar-refractivity contribution < 1.29 is 4.79 Å². The number of aromatic nitrogens is 2. The van der Waals surface area contributed by atoms with Crippen LogP contribution in [0.1, 0.15) is 25.6 Å². The van der Waals surface area contributed by atoms with Crippen LogP contribution in [0.2, 0.25) is 0 Å². The second-order valence-electron chi connectivity index (χ2n) is 3.95. The van der Waals surface area contributed by atoms with E-state index in [0.717, 1.165) is 12.8 Å². The Morgan fingerprint density at radius 2 is 2.14 bits per heavy atom. The minimum Gasteiger partial charge on any atom is -0.351 e. The monoisotopic (exact) mass is 191 g/mol. The third-order valence-corrected chi connectivity index (χ3v) is 2.38. The van der Waals surface area contributed by atoms with Crippen LogP contribution in [0.5, 0.6) is 0 Å². The number of carbonyl (C=O) groups is 1. The molecule has 1 N–H and O–H groups in total. The maximum Gasteiger partial charge on any atom is 0.228 e. The van der Waals surface area contributed by atoms with Crippen molar-refractivity contribution in [2.75, 3.05) is 0 Å². The molecule has 0 aromatic carbocycles. The fourth-order valence-electron chi connectivity index (χ4n) is 1.26. The van der Waals surface area contributed by atoms with E-state index < -0.39 is 0 Å². The number of nitrogens with one attached hydrogen (secondary N) is 1. The maximum absolute atomic E-state index is 11.5. The minimum absolute atomic E-state index is 0.0104. The fraction of sp³-hybridized carbons (Fsp3) is 0.500. The van der Waals surface area contributed by atoms with E-state index in [2.05, 4.69) is 22.2 Å². The second-order valence-corrected chi connectivity index (χ2v) is 3.95. The first-order valence-electron chi connectivity index (χ1n) is 4.75. The molecule has 1 fully saturated rings. The summed E-state index contributed by atoms with van der Waals surface area (Å²) in [4.78, 5) is 19.5. The van der Waals surface area contributed by atoms with E-state index in [9.17, 15) is 4.79 Å². The third kappa shape index (κ3) is 2.28. The van der Waals surface area contributed by atoms with Crippen molar-refractivity contribution in [1.29, 1.82) is 0 Å². The van der Waals surface area contributed by atoms with Gasteiger partial charge in [-0.15, -0.1) is 0 Å². The molecule has 1 heterocycles. The molecule has 1 amide bonds. The average molecular weight is 191 g/mol. The Kier molecular flexibility index (Phi) is 2.19. The Labute approximate surface area is 82.8 Å². The molecule has 0 radical (unpaired) electrons. The summed E-state index contributed by atoms with van der Waals surface area (Å²) in [5.41, 5.74) is 0.0475. The van der Waals surface area contributed by atoms with E-state index in [0.29, 0.717) is 5.82 Å². The van der Waals surface area contributed by atoms with Crippen LogP contribution < -0.4 is 5.32 Å². The maximum atomic E-state index is 11.5. The molecule has 4 nitrogen and oxygen atoms in total. The lowest BCUT2D eigenvalue weighted by molar-refractivity contribution is -0.121. The molecule has 0 atom stereocenters. The number of carbonyl (C=O) groups excluding carboxylic acids is 1. The van der Waals surface area contributed by atoms with Crippen LogP contribution in [-0.4, -0.2) is 21.4 Å². The van der Waals surface area contributed by atoms with E-state index in [-0.39, 0.29) is 17.9 Å². The number of rotatable bonds is 3. The van der Waals surface area contributed by atoms with Crippen molar-refractivity contribution in [3.63, 3.8) is 0 Å². The molecule has 2 rings (SSSR count). The summed E-state index contributed by atoms with van der Waals surface area (Å²) in [6, 6.07) is 1.74. The lowest BCUT2D eigenvalue weighted by Crippen LogP contribution is -2.35. The zero-order chi connectivity index (χ0) is 10.0. The SMILES string of the molecule is CC1(NC(=O)Cc2ncccn2)CC1. The predicted molar refractivity (Wildman–Crippen MR) is 51.5 cm³/mol. The highest BCUT2D eigenvalue weighted by Crippen LogP contribution is 2.34. The standard InChI is InChI=1S/C10H13N3O/c1-10(3-4-10)13-9(14)7-8-11-5-2-6-12-8/h2,5-6H,3-4,7H2,1H3,(H,13,14). The molecule has 0 unspecified atom stereocenters. The van der Waals surface area contributed by atoms with E-state index in [1.807, 2.05) is 0 Å². The Morgan fingerprint density at radius 3 is 2.71 bits per heavy atom. The van der Waals surface area contributed by atoms with E-state index in [1.54, 1.807) is 18.5 Å². The van der Waals surface area contributed by atoms with Crippen molar-refractivity contribution in [2.24, 2.45) is 0 Å². The first-order chi connectivity index (χ1) is 6.68. The van der Waals surface area contributed by atoms with Gasteiger partial charge in [-0.3, -0.25) is 4.79 Å². The molecular formula is C10H13N3O. The molecule has 1 aromatic rings. The lowest BCUT2D eigenvalue weighted by atomic mass is 10.3. The van der Waals surface area contributed by atoms with Gasteiger partial charge in [0.05, 0.1) is 6.42 Å². The molecule has 0 aliphatic heterocycles. The Morgan fingerprint density at radius 1 is 1.50 bits per heavy atom.